The van der Waals surface area contributed by atoms with Gasteiger partial charge in [-0.3, -0.25) is 5.41 Å². The van der Waals surface area contributed by atoms with Crippen molar-refractivity contribution in [2.75, 3.05) is 18.5 Å². The first-order chi connectivity index (χ1) is 22.0. The van der Waals surface area contributed by atoms with Gasteiger partial charge in [0.05, 0.1) is 0 Å². The van der Waals surface area contributed by atoms with Gasteiger partial charge < -0.3 is 25.9 Å². The Morgan fingerprint density at radius 1 is 0.978 bits per heavy atom. The minimum atomic E-state index is -0.842. The number of hydrogen-bond donors (Lipinski definition) is 5. The molecule has 2 atom stereocenters. The van der Waals surface area contributed by atoms with Crippen molar-refractivity contribution in [3.63, 3.8) is 0 Å². The van der Waals surface area contributed by atoms with Crippen LogP contribution in [0.2, 0.25) is 0 Å². The van der Waals surface area contributed by atoms with Crippen LogP contribution >= 0.6 is 0 Å². The van der Waals surface area contributed by atoms with Crippen molar-refractivity contribution in [1.82, 2.24) is 10.8 Å². The van der Waals surface area contributed by atoms with Gasteiger partial charge in [-0.05, 0) is 70.7 Å². The first-order valence-corrected chi connectivity index (χ1v) is 15.3. The van der Waals surface area contributed by atoms with E-state index in [1.165, 1.54) is 5.57 Å². The van der Waals surface area contributed by atoms with Gasteiger partial charge in [-0.15, -0.1) is 5.48 Å². The van der Waals surface area contributed by atoms with E-state index < -0.39 is 18.1 Å². The average Bonchev–Trinajstić information content (AvgIpc) is 3.23. The second-order valence-electron chi connectivity index (χ2n) is 11.4. The number of carbonyl (C=O) groups is 2. The zero-order valence-corrected chi connectivity index (χ0v) is 24.9. The van der Waals surface area contributed by atoms with Crippen molar-refractivity contribution in [2.45, 2.75) is 37.6 Å². The average molecular weight is 604 g/mol. The highest BCUT2D eigenvalue weighted by Gasteiger charge is 2.30. The molecular formula is C36H37N5O4. The summed E-state index contributed by atoms with van der Waals surface area (Å²) in [6, 6.07) is 21.4. The van der Waals surface area contributed by atoms with Gasteiger partial charge in [-0.25, -0.2) is 9.59 Å². The topological polar surface area (TPSA) is 139 Å². The number of rotatable bonds is 9. The van der Waals surface area contributed by atoms with Gasteiger partial charge in [0.2, 0.25) is 0 Å². The summed E-state index contributed by atoms with van der Waals surface area (Å²) in [4.78, 5) is 31.3. The zero-order valence-electron chi connectivity index (χ0n) is 24.9. The van der Waals surface area contributed by atoms with Crippen LogP contribution in [0, 0.1) is 11.3 Å². The monoisotopic (exact) mass is 603 g/mol. The highest BCUT2D eigenvalue weighted by atomic mass is 16.7. The number of anilines is 1. The van der Waals surface area contributed by atoms with Crippen LogP contribution in [-0.4, -0.2) is 37.2 Å². The molecule has 0 aromatic heterocycles. The highest BCUT2D eigenvalue weighted by molar-refractivity contribution is 5.82. The molecule has 3 aliphatic carbocycles. The lowest BCUT2D eigenvalue weighted by molar-refractivity contribution is -0.150. The molecular weight excluding hydrogens is 566 g/mol. The van der Waals surface area contributed by atoms with Crippen LogP contribution in [0.5, 0.6) is 0 Å². The molecule has 3 aromatic carbocycles. The molecule has 3 aliphatic rings. The van der Waals surface area contributed by atoms with Crippen LogP contribution in [0.25, 0.3) is 17.2 Å². The number of hydrogen-bond acceptors (Lipinski definition) is 6. The minimum Gasteiger partial charge on any atom is -0.446 e. The Bertz CT molecular complexity index is 1650. The fourth-order valence-corrected chi connectivity index (χ4v) is 6.41. The molecule has 230 valence electrons. The number of guanidine groups is 1. The lowest BCUT2D eigenvalue weighted by Gasteiger charge is -2.21. The van der Waals surface area contributed by atoms with Gasteiger partial charge in [-0.2, -0.15) is 0 Å². The summed E-state index contributed by atoms with van der Waals surface area (Å²) in [6.45, 7) is 0.521. The second kappa shape index (κ2) is 13.5. The van der Waals surface area contributed by atoms with Crippen molar-refractivity contribution in [2.24, 2.45) is 11.7 Å². The summed E-state index contributed by atoms with van der Waals surface area (Å²) in [5.74, 6) is -0.532. The number of ether oxygens (including phenoxy) is 1. The molecule has 6 rings (SSSR count). The van der Waals surface area contributed by atoms with E-state index in [-0.39, 0.29) is 18.5 Å². The van der Waals surface area contributed by atoms with Crippen LogP contribution in [0.15, 0.2) is 96.6 Å². The minimum absolute atomic E-state index is 0.104. The predicted octanol–water partition coefficient (Wildman–Crippen LogP) is 5.80. The fraction of sp³-hybridized carbons (Fsp3) is 0.250. The maximum atomic E-state index is 13.3. The molecule has 0 saturated carbocycles. The normalized spacial score (nSPS) is 16.5. The predicted molar refractivity (Wildman–Crippen MR) is 175 cm³/mol. The third kappa shape index (κ3) is 6.77. The molecule has 1 amide bonds. The van der Waals surface area contributed by atoms with E-state index in [1.807, 2.05) is 48.5 Å². The van der Waals surface area contributed by atoms with Crippen molar-refractivity contribution < 1.29 is 19.2 Å². The number of carbonyl (C=O) groups excluding carboxylic acids is 2. The summed E-state index contributed by atoms with van der Waals surface area (Å²) in [5, 5.41) is 13.6. The van der Waals surface area contributed by atoms with E-state index in [1.54, 1.807) is 0 Å². The van der Waals surface area contributed by atoms with Crippen LogP contribution in [0.3, 0.4) is 0 Å². The molecule has 1 unspecified atom stereocenters. The standard InChI is InChI=1S/C36H37N5O4/c37-35(38)39-20-8-17-33(40-32-16-7-11-25-21-24-10-2-1-9-23(24)18-19-26(25)32)34(42)45-41-36(43)44-22-31-29-14-5-3-12-27(29)28-13-4-6-15-30(28)31/h1-7,9-16,21,23,31,33,40H,8,17-20,22H2,(H,41,43)(H4,37,38,39)/t23?,33-/m0/s1. The molecule has 6 N–H and O–H groups in total. The molecule has 0 spiro atoms. The number of benzene rings is 3. The number of nitrogens with two attached hydrogens (primary N) is 1. The first kappa shape index (κ1) is 29.7. The first-order valence-electron chi connectivity index (χ1n) is 15.3. The maximum Gasteiger partial charge on any atom is 0.440 e. The Morgan fingerprint density at radius 2 is 1.73 bits per heavy atom. The number of allylic oxidation sites excluding steroid dienone is 5. The summed E-state index contributed by atoms with van der Waals surface area (Å²) in [6.07, 6.45) is 12.6. The Labute approximate surface area is 262 Å². The van der Waals surface area contributed by atoms with Gasteiger partial charge in [0.1, 0.15) is 12.6 Å². The van der Waals surface area contributed by atoms with E-state index >= 15 is 0 Å². The van der Waals surface area contributed by atoms with Gasteiger partial charge in [0, 0.05) is 24.1 Å². The van der Waals surface area contributed by atoms with Gasteiger partial charge >= 0.3 is 12.1 Å². The largest absolute Gasteiger partial charge is 0.446 e. The Hall–Kier alpha value is -5.31. The molecule has 0 heterocycles. The number of nitrogens with one attached hydrogen (secondary N) is 4. The third-order valence-electron chi connectivity index (χ3n) is 8.59. The van der Waals surface area contributed by atoms with E-state index in [9.17, 15) is 9.59 Å². The van der Waals surface area contributed by atoms with E-state index in [4.69, 9.17) is 20.7 Å². The lowest BCUT2D eigenvalue weighted by Crippen LogP contribution is -2.39. The van der Waals surface area contributed by atoms with Gasteiger partial charge in [0.15, 0.2) is 5.96 Å². The van der Waals surface area contributed by atoms with E-state index in [2.05, 4.69) is 64.7 Å². The van der Waals surface area contributed by atoms with Crippen molar-refractivity contribution in [1.29, 1.82) is 5.41 Å². The molecule has 3 aromatic rings. The van der Waals surface area contributed by atoms with Crippen LogP contribution in [0.4, 0.5) is 10.5 Å². The summed E-state index contributed by atoms with van der Waals surface area (Å²) >= 11 is 0. The third-order valence-corrected chi connectivity index (χ3v) is 8.59. The second-order valence-corrected chi connectivity index (χ2v) is 11.4. The number of hydroxylamine groups is 1. The van der Waals surface area contributed by atoms with Crippen LogP contribution in [-0.2, 0) is 20.8 Å². The van der Waals surface area contributed by atoms with Crippen molar-refractivity contribution in [3.8, 4) is 11.1 Å². The molecule has 0 radical (unpaired) electrons. The SMILES string of the molecule is N=C(N)NCCC[C@H](Nc1cccc2c1CCC1C=CC=CC1=C2)C(=O)ONC(=O)OCC1c2ccccc2-c2ccccc21. The number of amides is 1. The van der Waals surface area contributed by atoms with Crippen molar-refractivity contribution >= 4 is 29.8 Å². The summed E-state index contributed by atoms with van der Waals surface area (Å²) in [5.41, 5.74) is 16.4. The molecule has 9 heteroatoms. The van der Waals surface area contributed by atoms with Gasteiger partial charge in [-0.1, -0.05) is 91.0 Å². The van der Waals surface area contributed by atoms with Crippen LogP contribution < -0.4 is 21.8 Å². The van der Waals surface area contributed by atoms with Crippen LogP contribution in [0.1, 0.15) is 47.4 Å². The molecule has 0 fully saturated rings. The molecule has 0 bridgehead atoms. The molecule has 9 nitrogen and oxygen atoms in total. The number of fused-ring (bicyclic) bond motifs is 5. The summed E-state index contributed by atoms with van der Waals surface area (Å²) in [7, 11) is 0. The Morgan fingerprint density at radius 3 is 2.49 bits per heavy atom. The maximum absolute atomic E-state index is 13.3. The lowest BCUT2D eigenvalue weighted by atomic mass is 9.91. The molecule has 0 saturated heterocycles. The van der Waals surface area contributed by atoms with Crippen molar-refractivity contribution in [3.05, 3.63) is 119 Å². The molecule has 0 aliphatic heterocycles. The van der Waals surface area contributed by atoms with Gasteiger partial charge in [0.25, 0.3) is 0 Å². The smallest absolute Gasteiger partial charge is 0.440 e. The quantitative estimate of drug-likeness (QED) is 0.0902. The Kier molecular flexibility index (Phi) is 8.96. The Balaban J connectivity index is 1.10. The highest BCUT2D eigenvalue weighted by Crippen LogP contribution is 2.44. The molecule has 45 heavy (non-hydrogen) atoms. The van der Waals surface area contributed by atoms with E-state index in [0.717, 1.165) is 51.9 Å². The summed E-state index contributed by atoms with van der Waals surface area (Å²) < 4.78 is 5.54. The fourth-order valence-electron chi connectivity index (χ4n) is 6.41. The zero-order chi connectivity index (χ0) is 31.2. The van der Waals surface area contributed by atoms with E-state index in [0.29, 0.717) is 25.3 Å².